The first-order chi connectivity index (χ1) is 14.1. The van der Waals surface area contributed by atoms with E-state index in [-0.39, 0.29) is 5.66 Å². The van der Waals surface area contributed by atoms with E-state index in [0.29, 0.717) is 14.3 Å². The highest BCUT2D eigenvalue weighted by Gasteiger charge is 2.18. The fraction of sp³-hybridized carbons (Fsp3) is 0.280. The van der Waals surface area contributed by atoms with Gasteiger partial charge in [-0.1, -0.05) is 63.9 Å². The van der Waals surface area contributed by atoms with Crippen molar-refractivity contribution < 1.29 is 9.84 Å². The molecule has 0 heterocycles. The number of para-hydroxylation sites is 1. The fourth-order valence-corrected chi connectivity index (χ4v) is 5.20. The third-order valence-corrected chi connectivity index (χ3v) is 6.78. The Morgan fingerprint density at radius 2 is 1.83 bits per heavy atom. The van der Waals surface area contributed by atoms with E-state index in [1.165, 1.54) is 16.4 Å². The molecule has 0 aliphatic rings. The van der Waals surface area contributed by atoms with Crippen molar-refractivity contribution in [3.63, 3.8) is 0 Å². The Hall–Kier alpha value is -2.51. The molecule has 0 spiro atoms. The molecule has 3 rings (SSSR count). The van der Waals surface area contributed by atoms with E-state index < -0.39 is 0 Å². The first-order valence-corrected chi connectivity index (χ1v) is 11.2. The average molecular weight is 407 g/mol. The van der Waals surface area contributed by atoms with Crippen molar-refractivity contribution >= 4 is 19.6 Å². The lowest BCUT2D eigenvalue weighted by Crippen LogP contribution is -2.12. The largest absolute Gasteiger partial charge is 0.508 e. The molecule has 3 aromatic rings. The highest BCUT2D eigenvalue weighted by atomic mass is 31.1. The summed E-state index contributed by atoms with van der Waals surface area (Å²) >= 11 is 0. The number of rotatable bonds is 9. The van der Waals surface area contributed by atoms with Crippen molar-refractivity contribution in [2.24, 2.45) is 0 Å². The molecule has 0 aromatic heterocycles. The van der Waals surface area contributed by atoms with Gasteiger partial charge in [0.05, 0.1) is 7.11 Å². The zero-order chi connectivity index (χ0) is 20.6. The van der Waals surface area contributed by atoms with Crippen LogP contribution < -0.4 is 15.4 Å². The van der Waals surface area contributed by atoms with Gasteiger partial charge in [0, 0.05) is 23.5 Å². The van der Waals surface area contributed by atoms with Gasteiger partial charge in [-0.2, -0.15) is 0 Å². The van der Waals surface area contributed by atoms with Crippen LogP contribution in [0.3, 0.4) is 0 Å². The maximum Gasteiger partial charge on any atom is 0.119 e. The van der Waals surface area contributed by atoms with Crippen molar-refractivity contribution in [3.05, 3.63) is 83.4 Å². The van der Waals surface area contributed by atoms with Crippen LogP contribution in [0.5, 0.6) is 11.5 Å². The standard InChI is InChI=1S/C25H30NO2P/c1-4-8-25(22-16-21(28-3)12-13-23(22)27)29-24-14-11-18(2)15-19(24)17-26-20-9-6-5-7-10-20/h5-7,9-16,25-27,29H,4,8,17H2,1-3H3. The van der Waals surface area contributed by atoms with E-state index in [9.17, 15) is 5.11 Å². The number of hydrogen-bond acceptors (Lipinski definition) is 3. The van der Waals surface area contributed by atoms with Crippen LogP contribution in [0.25, 0.3) is 0 Å². The van der Waals surface area contributed by atoms with Gasteiger partial charge in [0.15, 0.2) is 0 Å². The molecule has 0 radical (unpaired) electrons. The Morgan fingerprint density at radius 3 is 2.55 bits per heavy atom. The van der Waals surface area contributed by atoms with Crippen LogP contribution in [0.1, 0.15) is 42.1 Å². The summed E-state index contributed by atoms with van der Waals surface area (Å²) in [5.74, 6) is 1.14. The van der Waals surface area contributed by atoms with Crippen LogP contribution in [-0.4, -0.2) is 12.2 Å². The molecule has 2 atom stereocenters. The third-order valence-electron chi connectivity index (χ3n) is 5.03. The van der Waals surface area contributed by atoms with Crippen LogP contribution in [0.15, 0.2) is 66.7 Å². The van der Waals surface area contributed by atoms with Crippen molar-refractivity contribution in [2.75, 3.05) is 12.4 Å². The number of hydrogen-bond donors (Lipinski definition) is 2. The van der Waals surface area contributed by atoms with Crippen LogP contribution in [0, 0.1) is 6.92 Å². The first-order valence-electron chi connectivity index (χ1n) is 10.1. The zero-order valence-corrected chi connectivity index (χ0v) is 18.4. The Morgan fingerprint density at radius 1 is 1.03 bits per heavy atom. The molecule has 152 valence electrons. The summed E-state index contributed by atoms with van der Waals surface area (Å²) in [5, 5.41) is 15.4. The second-order valence-electron chi connectivity index (χ2n) is 7.29. The lowest BCUT2D eigenvalue weighted by Gasteiger charge is -2.21. The van der Waals surface area contributed by atoms with Gasteiger partial charge in [0.1, 0.15) is 11.5 Å². The Kier molecular flexibility index (Phi) is 7.55. The van der Waals surface area contributed by atoms with Crippen LogP contribution in [0.2, 0.25) is 0 Å². The van der Waals surface area contributed by atoms with E-state index in [4.69, 9.17) is 4.74 Å². The summed E-state index contributed by atoms with van der Waals surface area (Å²) in [6.45, 7) is 5.12. The van der Waals surface area contributed by atoms with Gasteiger partial charge in [0.25, 0.3) is 0 Å². The van der Waals surface area contributed by atoms with Crippen LogP contribution >= 0.6 is 8.58 Å². The quantitative estimate of drug-likeness (QED) is 0.417. The van der Waals surface area contributed by atoms with Crippen molar-refractivity contribution in [2.45, 2.75) is 38.9 Å². The maximum absolute atomic E-state index is 10.5. The van der Waals surface area contributed by atoms with Crippen molar-refractivity contribution in [1.29, 1.82) is 0 Å². The summed E-state index contributed by atoms with van der Waals surface area (Å²) < 4.78 is 5.40. The SMILES string of the molecule is CCCC(Pc1ccc(C)cc1CNc1ccccc1)c1cc(OC)ccc1O. The molecule has 4 heteroatoms. The first kappa shape index (κ1) is 21.2. The minimum absolute atomic E-state index is 0.272. The Bertz CT molecular complexity index is 927. The molecule has 0 amide bonds. The van der Waals surface area contributed by atoms with Crippen LogP contribution in [0.4, 0.5) is 5.69 Å². The summed E-state index contributed by atoms with van der Waals surface area (Å²) in [6.07, 6.45) is 2.09. The predicted molar refractivity (Wildman–Crippen MR) is 125 cm³/mol. The number of methoxy groups -OCH3 is 1. The molecule has 0 aliphatic heterocycles. The molecule has 29 heavy (non-hydrogen) atoms. The van der Waals surface area contributed by atoms with Gasteiger partial charge in [0.2, 0.25) is 0 Å². The maximum atomic E-state index is 10.5. The van der Waals surface area contributed by atoms with Gasteiger partial charge in [-0.05, 0) is 54.5 Å². The summed E-state index contributed by atoms with van der Waals surface area (Å²) in [7, 11) is 2.25. The lowest BCUT2D eigenvalue weighted by atomic mass is 10.1. The lowest BCUT2D eigenvalue weighted by molar-refractivity contribution is 0.410. The number of ether oxygens (including phenoxy) is 1. The number of nitrogens with one attached hydrogen (secondary N) is 1. The summed E-state index contributed by atoms with van der Waals surface area (Å²) in [6, 6.07) is 22.5. The molecule has 0 aliphatic carbocycles. The second kappa shape index (κ2) is 10.3. The minimum Gasteiger partial charge on any atom is -0.508 e. The monoisotopic (exact) mass is 407 g/mol. The van der Waals surface area contributed by atoms with Gasteiger partial charge in [-0.15, -0.1) is 0 Å². The summed E-state index contributed by atoms with van der Waals surface area (Å²) in [5.41, 5.74) is 4.95. The third kappa shape index (κ3) is 5.74. The second-order valence-corrected chi connectivity index (χ2v) is 8.81. The number of phenols is 1. The molecule has 0 fully saturated rings. The van der Waals surface area contributed by atoms with E-state index >= 15 is 0 Å². The molecule has 2 unspecified atom stereocenters. The number of anilines is 1. The van der Waals surface area contributed by atoms with E-state index in [1.807, 2.05) is 30.3 Å². The predicted octanol–water partition coefficient (Wildman–Crippen LogP) is 6.17. The van der Waals surface area contributed by atoms with Gasteiger partial charge >= 0.3 is 0 Å². The zero-order valence-electron chi connectivity index (χ0n) is 17.4. The highest BCUT2D eigenvalue weighted by molar-refractivity contribution is 7.47. The highest BCUT2D eigenvalue weighted by Crippen LogP contribution is 2.43. The van der Waals surface area contributed by atoms with Crippen LogP contribution in [-0.2, 0) is 6.54 Å². The molecule has 2 N–H and O–H groups in total. The van der Waals surface area contributed by atoms with Crippen molar-refractivity contribution in [3.8, 4) is 11.5 Å². The summed E-state index contributed by atoms with van der Waals surface area (Å²) in [4.78, 5) is 0. The molecular weight excluding hydrogens is 377 g/mol. The Balaban J connectivity index is 1.86. The smallest absolute Gasteiger partial charge is 0.119 e. The molecule has 0 saturated heterocycles. The minimum atomic E-state index is 0.272. The molecule has 0 bridgehead atoms. The normalized spacial score (nSPS) is 12.2. The number of phenolic OH excluding ortho intramolecular Hbond substituents is 1. The molecule has 3 aromatic carbocycles. The Labute approximate surface area is 175 Å². The number of aryl methyl sites for hydroxylation is 1. The topological polar surface area (TPSA) is 41.5 Å². The molecule has 0 saturated carbocycles. The van der Waals surface area contributed by atoms with E-state index in [2.05, 4.69) is 49.5 Å². The van der Waals surface area contributed by atoms with Gasteiger partial charge in [-0.3, -0.25) is 0 Å². The average Bonchev–Trinajstić information content (AvgIpc) is 2.74. The fourth-order valence-electron chi connectivity index (χ4n) is 3.48. The van der Waals surface area contributed by atoms with Crippen molar-refractivity contribution in [1.82, 2.24) is 0 Å². The number of benzene rings is 3. The van der Waals surface area contributed by atoms with E-state index in [1.54, 1.807) is 13.2 Å². The van der Waals surface area contributed by atoms with Gasteiger partial charge in [-0.25, -0.2) is 0 Å². The molecular formula is C25H30NO2P. The molecule has 3 nitrogen and oxygen atoms in total. The van der Waals surface area contributed by atoms with Gasteiger partial charge < -0.3 is 15.2 Å². The van der Waals surface area contributed by atoms with E-state index in [0.717, 1.165) is 36.4 Å². The number of aromatic hydroxyl groups is 1.